The smallest absolute Gasteiger partial charge is 0.262 e. The number of hydrazone groups is 1. The molecule has 7 heteroatoms. The number of nitrogens with zero attached hydrogens (tertiary/aromatic N) is 1. The molecule has 0 spiro atoms. The summed E-state index contributed by atoms with van der Waals surface area (Å²) in [5.41, 5.74) is 3.64. The van der Waals surface area contributed by atoms with Crippen LogP contribution in [0.3, 0.4) is 0 Å². The summed E-state index contributed by atoms with van der Waals surface area (Å²) in [6.45, 7) is 3.67. The van der Waals surface area contributed by atoms with Crippen molar-refractivity contribution < 1.29 is 9.59 Å². The highest BCUT2D eigenvalue weighted by Gasteiger charge is 2.24. The number of halogens is 2. The van der Waals surface area contributed by atoms with Crippen LogP contribution < -0.4 is 10.7 Å². The van der Waals surface area contributed by atoms with E-state index in [4.69, 9.17) is 23.2 Å². The van der Waals surface area contributed by atoms with Gasteiger partial charge in [0.15, 0.2) is 0 Å². The Morgan fingerprint density at radius 2 is 1.73 bits per heavy atom. The van der Waals surface area contributed by atoms with Gasteiger partial charge in [-0.3, -0.25) is 9.59 Å². The molecule has 1 unspecified atom stereocenters. The van der Waals surface area contributed by atoms with Crippen LogP contribution in [0.5, 0.6) is 0 Å². The number of benzene rings is 2. The van der Waals surface area contributed by atoms with Gasteiger partial charge in [0, 0.05) is 5.56 Å². The van der Waals surface area contributed by atoms with Crippen LogP contribution in [0.1, 0.15) is 29.8 Å². The maximum absolute atomic E-state index is 12.4. The van der Waals surface area contributed by atoms with E-state index >= 15 is 0 Å². The number of carbonyl (C=O) groups is 2. The van der Waals surface area contributed by atoms with Crippen molar-refractivity contribution >= 4 is 41.2 Å². The fraction of sp³-hybridized carbons (Fsp3) is 0.211. The zero-order chi connectivity index (χ0) is 19.1. The van der Waals surface area contributed by atoms with Crippen LogP contribution in [0.15, 0.2) is 53.6 Å². The molecule has 26 heavy (non-hydrogen) atoms. The second-order valence-electron chi connectivity index (χ2n) is 5.97. The second-order valence-corrected chi connectivity index (χ2v) is 6.78. The SMILES string of the molecule is CC(C)C(NC(=O)c1ccc(Cl)c(Cl)c1)C(=O)N/N=C\c1ccccc1. The number of rotatable bonds is 6. The molecule has 136 valence electrons. The van der Waals surface area contributed by atoms with E-state index in [0.29, 0.717) is 10.6 Å². The van der Waals surface area contributed by atoms with Gasteiger partial charge in [0.2, 0.25) is 0 Å². The Bertz CT molecular complexity index is 808. The van der Waals surface area contributed by atoms with E-state index in [-0.39, 0.29) is 10.9 Å². The molecule has 0 fully saturated rings. The predicted octanol–water partition coefficient (Wildman–Crippen LogP) is 3.90. The minimum atomic E-state index is -0.745. The molecule has 0 saturated heterocycles. The van der Waals surface area contributed by atoms with Crippen molar-refractivity contribution in [2.24, 2.45) is 11.0 Å². The van der Waals surface area contributed by atoms with Crippen molar-refractivity contribution in [2.75, 3.05) is 0 Å². The lowest BCUT2D eigenvalue weighted by atomic mass is 10.0. The Balaban J connectivity index is 2.03. The van der Waals surface area contributed by atoms with Crippen molar-refractivity contribution in [1.29, 1.82) is 0 Å². The average Bonchev–Trinajstić information content (AvgIpc) is 2.62. The predicted molar refractivity (Wildman–Crippen MR) is 105 cm³/mol. The van der Waals surface area contributed by atoms with Crippen LogP contribution in [0.2, 0.25) is 10.0 Å². The van der Waals surface area contributed by atoms with Crippen molar-refractivity contribution in [2.45, 2.75) is 19.9 Å². The van der Waals surface area contributed by atoms with Gasteiger partial charge >= 0.3 is 0 Å². The molecule has 0 aliphatic heterocycles. The van der Waals surface area contributed by atoms with E-state index in [2.05, 4.69) is 15.8 Å². The zero-order valence-corrected chi connectivity index (χ0v) is 15.9. The second kappa shape index (κ2) is 9.36. The lowest BCUT2D eigenvalue weighted by Gasteiger charge is -2.20. The molecule has 0 aliphatic carbocycles. The van der Waals surface area contributed by atoms with Gasteiger partial charge in [-0.25, -0.2) is 5.43 Å². The molecule has 0 aliphatic rings. The molecule has 2 amide bonds. The molecule has 0 bridgehead atoms. The van der Waals surface area contributed by atoms with Crippen molar-refractivity contribution in [3.63, 3.8) is 0 Å². The van der Waals surface area contributed by atoms with Crippen LogP contribution in [0, 0.1) is 5.92 Å². The molecule has 1 atom stereocenters. The summed E-state index contributed by atoms with van der Waals surface area (Å²) < 4.78 is 0. The minimum Gasteiger partial charge on any atom is -0.340 e. The summed E-state index contributed by atoms with van der Waals surface area (Å²) in [4.78, 5) is 24.8. The average molecular weight is 392 g/mol. The van der Waals surface area contributed by atoms with Gasteiger partial charge < -0.3 is 5.32 Å². The van der Waals surface area contributed by atoms with E-state index in [9.17, 15) is 9.59 Å². The van der Waals surface area contributed by atoms with Gasteiger partial charge in [-0.1, -0.05) is 67.4 Å². The van der Waals surface area contributed by atoms with Gasteiger partial charge in [0.25, 0.3) is 11.8 Å². The molecule has 2 N–H and O–H groups in total. The van der Waals surface area contributed by atoms with Gasteiger partial charge in [-0.15, -0.1) is 0 Å². The lowest BCUT2D eigenvalue weighted by Crippen LogP contribution is -2.48. The fourth-order valence-corrected chi connectivity index (χ4v) is 2.47. The summed E-state index contributed by atoms with van der Waals surface area (Å²) in [6, 6.07) is 13.2. The zero-order valence-electron chi connectivity index (χ0n) is 14.4. The van der Waals surface area contributed by atoms with Crippen molar-refractivity contribution in [1.82, 2.24) is 10.7 Å². The summed E-state index contributed by atoms with van der Waals surface area (Å²) in [7, 11) is 0. The van der Waals surface area contributed by atoms with E-state index < -0.39 is 17.9 Å². The van der Waals surface area contributed by atoms with Gasteiger partial charge in [-0.05, 0) is 29.7 Å². The van der Waals surface area contributed by atoms with Gasteiger partial charge in [0.1, 0.15) is 6.04 Å². The van der Waals surface area contributed by atoms with E-state index in [0.717, 1.165) is 5.56 Å². The number of amides is 2. The van der Waals surface area contributed by atoms with E-state index in [1.807, 2.05) is 44.2 Å². The highest BCUT2D eigenvalue weighted by molar-refractivity contribution is 6.42. The van der Waals surface area contributed by atoms with Crippen molar-refractivity contribution in [3.05, 3.63) is 69.7 Å². The highest BCUT2D eigenvalue weighted by Crippen LogP contribution is 2.22. The van der Waals surface area contributed by atoms with Gasteiger partial charge in [0.05, 0.1) is 16.3 Å². The normalized spacial score (nSPS) is 12.2. The van der Waals surface area contributed by atoms with Crippen molar-refractivity contribution in [3.8, 4) is 0 Å². The van der Waals surface area contributed by atoms with Crippen LogP contribution in [-0.4, -0.2) is 24.1 Å². The molecule has 2 rings (SSSR count). The summed E-state index contributed by atoms with van der Waals surface area (Å²) in [5.74, 6) is -0.946. The summed E-state index contributed by atoms with van der Waals surface area (Å²) >= 11 is 11.8. The first-order chi connectivity index (χ1) is 12.4. The standard InChI is InChI=1S/C19H19Cl2N3O2/c1-12(2)17(19(26)24-22-11-13-6-4-3-5-7-13)23-18(25)14-8-9-15(20)16(21)10-14/h3-12,17H,1-2H3,(H,23,25)(H,24,26)/b22-11-. The fourth-order valence-electron chi connectivity index (χ4n) is 2.18. The largest absolute Gasteiger partial charge is 0.340 e. The monoisotopic (exact) mass is 391 g/mol. The third-order valence-corrected chi connectivity index (χ3v) is 4.34. The number of nitrogens with one attached hydrogen (secondary N) is 2. The Hall–Kier alpha value is -2.37. The molecule has 5 nitrogen and oxygen atoms in total. The molecule has 0 heterocycles. The van der Waals surface area contributed by atoms with E-state index in [1.165, 1.54) is 18.3 Å². The minimum absolute atomic E-state index is 0.131. The molecular formula is C19H19Cl2N3O2. The first-order valence-corrected chi connectivity index (χ1v) is 8.78. The maximum atomic E-state index is 12.4. The van der Waals surface area contributed by atoms with Crippen LogP contribution in [0.25, 0.3) is 0 Å². The van der Waals surface area contributed by atoms with E-state index in [1.54, 1.807) is 6.07 Å². The van der Waals surface area contributed by atoms with Crippen LogP contribution in [0.4, 0.5) is 0 Å². The maximum Gasteiger partial charge on any atom is 0.262 e. The third kappa shape index (κ3) is 5.58. The molecule has 0 saturated carbocycles. The Kier molecular flexibility index (Phi) is 7.18. The highest BCUT2D eigenvalue weighted by atomic mass is 35.5. The van der Waals surface area contributed by atoms with Crippen LogP contribution >= 0.6 is 23.2 Å². The Morgan fingerprint density at radius 1 is 1.04 bits per heavy atom. The quantitative estimate of drug-likeness (QED) is 0.578. The first-order valence-electron chi connectivity index (χ1n) is 8.02. The number of hydrogen-bond donors (Lipinski definition) is 2. The number of hydrogen-bond acceptors (Lipinski definition) is 3. The molecular weight excluding hydrogens is 373 g/mol. The topological polar surface area (TPSA) is 70.6 Å². The van der Waals surface area contributed by atoms with Gasteiger partial charge in [-0.2, -0.15) is 5.10 Å². The first kappa shape index (κ1) is 19.9. The number of carbonyl (C=O) groups excluding carboxylic acids is 2. The molecule has 0 aromatic heterocycles. The Labute approximate surface area is 162 Å². The summed E-state index contributed by atoms with van der Waals surface area (Å²) in [5, 5.41) is 7.27. The molecule has 2 aromatic rings. The summed E-state index contributed by atoms with van der Waals surface area (Å²) in [6.07, 6.45) is 1.54. The lowest BCUT2D eigenvalue weighted by molar-refractivity contribution is -0.123. The Morgan fingerprint density at radius 3 is 2.35 bits per heavy atom. The van der Waals surface area contributed by atoms with Crippen LogP contribution in [-0.2, 0) is 4.79 Å². The molecule has 2 aromatic carbocycles. The molecule has 0 radical (unpaired) electrons. The third-order valence-electron chi connectivity index (χ3n) is 3.61.